The maximum atomic E-state index is 12.5. The molecule has 25 heavy (non-hydrogen) atoms. The fourth-order valence-corrected chi connectivity index (χ4v) is 4.18. The zero-order valence-corrected chi connectivity index (χ0v) is 14.4. The molecule has 1 aliphatic carbocycles. The van der Waals surface area contributed by atoms with Crippen molar-refractivity contribution in [3.63, 3.8) is 0 Å². The molecule has 1 aliphatic rings. The molecule has 0 radical (unpaired) electrons. The van der Waals surface area contributed by atoms with E-state index in [1.54, 1.807) is 12.1 Å². The van der Waals surface area contributed by atoms with Gasteiger partial charge in [-0.25, -0.2) is 4.98 Å². The summed E-state index contributed by atoms with van der Waals surface area (Å²) in [6.45, 7) is 0. The fourth-order valence-electron chi connectivity index (χ4n) is 3.25. The number of carbonyl (C=O) groups is 1. The van der Waals surface area contributed by atoms with Gasteiger partial charge in [-0.2, -0.15) is 5.26 Å². The summed E-state index contributed by atoms with van der Waals surface area (Å²) in [4.78, 5) is 17.1. The van der Waals surface area contributed by atoms with Crippen LogP contribution in [0.25, 0.3) is 21.0 Å². The van der Waals surface area contributed by atoms with Crippen molar-refractivity contribution in [3.8, 4) is 16.8 Å². The largest absolute Gasteiger partial charge is 0.448 e. The summed E-state index contributed by atoms with van der Waals surface area (Å²) in [6, 6.07) is 13.6. The molecular weight excluding hydrogens is 334 g/mol. The van der Waals surface area contributed by atoms with Crippen molar-refractivity contribution in [2.24, 2.45) is 0 Å². The summed E-state index contributed by atoms with van der Waals surface area (Å²) in [5.74, 6) is 0.450. The quantitative estimate of drug-likeness (QED) is 0.753. The Morgan fingerprint density at radius 1 is 1.20 bits per heavy atom. The number of thiazole rings is 1. The number of carbonyl (C=O) groups excluding carboxylic acids is 1. The highest BCUT2D eigenvalue weighted by Gasteiger charge is 2.34. The van der Waals surface area contributed by atoms with Gasteiger partial charge >= 0.3 is 0 Å². The van der Waals surface area contributed by atoms with Crippen LogP contribution >= 0.6 is 11.3 Å². The van der Waals surface area contributed by atoms with E-state index in [-0.39, 0.29) is 11.7 Å². The van der Waals surface area contributed by atoms with Gasteiger partial charge in [0.2, 0.25) is 0 Å². The molecule has 1 N–H and O–H groups in total. The standard InChI is InChI=1S/C19H17N3O2S/c20-12-19(10-4-1-5-11-19)22-17(23)14-8-9-15(24-14)18-21-13-6-2-3-7-16(13)25-18/h2-3,6-9H,1,4-5,10-11H2,(H,22,23). The molecular formula is C19H17N3O2S. The number of nitriles is 1. The minimum Gasteiger partial charge on any atom is -0.448 e. The van der Waals surface area contributed by atoms with Crippen LogP contribution in [0.4, 0.5) is 0 Å². The molecule has 0 unspecified atom stereocenters. The number of aromatic nitrogens is 1. The van der Waals surface area contributed by atoms with E-state index in [9.17, 15) is 10.1 Å². The van der Waals surface area contributed by atoms with E-state index < -0.39 is 5.54 Å². The van der Waals surface area contributed by atoms with Crippen molar-refractivity contribution in [1.29, 1.82) is 5.26 Å². The lowest BCUT2D eigenvalue weighted by molar-refractivity contribution is 0.0875. The fraction of sp³-hybridized carbons (Fsp3) is 0.316. The van der Waals surface area contributed by atoms with Gasteiger partial charge in [-0.05, 0) is 37.1 Å². The van der Waals surface area contributed by atoms with Gasteiger partial charge in [-0.1, -0.05) is 31.4 Å². The summed E-state index contributed by atoms with van der Waals surface area (Å²) >= 11 is 1.53. The highest BCUT2D eigenvalue weighted by molar-refractivity contribution is 7.21. The number of rotatable bonds is 3. The van der Waals surface area contributed by atoms with E-state index >= 15 is 0 Å². The third-order valence-corrected chi connectivity index (χ3v) is 5.66. The number of benzene rings is 1. The summed E-state index contributed by atoms with van der Waals surface area (Å²) in [7, 11) is 0. The minimum atomic E-state index is -0.766. The Labute approximate surface area is 149 Å². The average Bonchev–Trinajstić information content (AvgIpc) is 3.29. The van der Waals surface area contributed by atoms with Gasteiger partial charge in [0.25, 0.3) is 5.91 Å². The van der Waals surface area contributed by atoms with Crippen LogP contribution in [0, 0.1) is 11.3 Å². The van der Waals surface area contributed by atoms with Crippen molar-refractivity contribution in [3.05, 3.63) is 42.2 Å². The highest BCUT2D eigenvalue weighted by Crippen LogP contribution is 2.32. The smallest absolute Gasteiger partial charge is 0.288 e. The van der Waals surface area contributed by atoms with Gasteiger partial charge in [-0.3, -0.25) is 4.79 Å². The topological polar surface area (TPSA) is 78.9 Å². The van der Waals surface area contributed by atoms with E-state index in [1.807, 2.05) is 24.3 Å². The molecule has 4 rings (SSSR count). The Kier molecular flexibility index (Phi) is 4.02. The lowest BCUT2D eigenvalue weighted by Crippen LogP contribution is -2.48. The van der Waals surface area contributed by atoms with Gasteiger partial charge in [-0.15, -0.1) is 11.3 Å². The van der Waals surface area contributed by atoms with E-state index in [0.717, 1.165) is 34.5 Å². The van der Waals surface area contributed by atoms with Crippen LogP contribution in [-0.4, -0.2) is 16.4 Å². The van der Waals surface area contributed by atoms with Gasteiger partial charge in [0.15, 0.2) is 16.5 Å². The third-order valence-electron chi connectivity index (χ3n) is 4.61. The first kappa shape index (κ1) is 15.9. The third kappa shape index (κ3) is 3.03. The zero-order chi connectivity index (χ0) is 17.3. The predicted molar refractivity (Wildman–Crippen MR) is 96.2 cm³/mol. The van der Waals surface area contributed by atoms with E-state index in [0.29, 0.717) is 18.6 Å². The van der Waals surface area contributed by atoms with Crippen LogP contribution in [0.2, 0.25) is 0 Å². The molecule has 0 spiro atoms. The van der Waals surface area contributed by atoms with Gasteiger partial charge in [0.1, 0.15) is 5.54 Å². The number of furan rings is 1. The number of nitrogens with one attached hydrogen (secondary N) is 1. The predicted octanol–water partition coefficient (Wildman–Crippen LogP) is 4.51. The number of nitrogens with zero attached hydrogens (tertiary/aromatic N) is 2. The van der Waals surface area contributed by atoms with Crippen LogP contribution in [-0.2, 0) is 0 Å². The molecule has 2 aromatic heterocycles. The molecule has 0 aliphatic heterocycles. The summed E-state index contributed by atoms with van der Waals surface area (Å²) in [5.41, 5.74) is 0.147. The zero-order valence-electron chi connectivity index (χ0n) is 13.6. The molecule has 1 amide bonds. The van der Waals surface area contributed by atoms with Crippen molar-refractivity contribution in [2.45, 2.75) is 37.6 Å². The molecule has 0 bridgehead atoms. The van der Waals surface area contributed by atoms with Gasteiger partial charge in [0, 0.05) is 0 Å². The maximum absolute atomic E-state index is 12.5. The number of fused-ring (bicyclic) bond motifs is 1. The second-order valence-electron chi connectivity index (χ2n) is 6.36. The van der Waals surface area contributed by atoms with E-state index in [2.05, 4.69) is 16.4 Å². The number of amides is 1. The molecule has 0 saturated heterocycles. The highest BCUT2D eigenvalue weighted by atomic mass is 32.1. The van der Waals surface area contributed by atoms with Crippen molar-refractivity contribution in [1.82, 2.24) is 10.3 Å². The second-order valence-corrected chi connectivity index (χ2v) is 7.39. The van der Waals surface area contributed by atoms with Gasteiger partial charge < -0.3 is 9.73 Å². The van der Waals surface area contributed by atoms with Crippen LogP contribution in [0.15, 0.2) is 40.8 Å². The number of para-hydroxylation sites is 1. The summed E-state index contributed by atoms with van der Waals surface area (Å²) in [6.07, 6.45) is 4.43. The first-order valence-electron chi connectivity index (χ1n) is 8.39. The Bertz CT molecular complexity index is 927. The molecule has 1 aromatic carbocycles. The van der Waals surface area contributed by atoms with Gasteiger partial charge in [0.05, 0.1) is 16.3 Å². The Balaban J connectivity index is 1.56. The van der Waals surface area contributed by atoms with Crippen LogP contribution in [0.5, 0.6) is 0 Å². The molecule has 3 aromatic rings. The van der Waals surface area contributed by atoms with Crippen LogP contribution in [0.1, 0.15) is 42.7 Å². The second kappa shape index (κ2) is 6.34. The SMILES string of the molecule is N#CC1(NC(=O)c2ccc(-c3nc4ccccc4s3)o2)CCCCC1. The molecule has 1 saturated carbocycles. The molecule has 126 valence electrons. The minimum absolute atomic E-state index is 0.217. The van der Waals surface area contributed by atoms with Crippen LogP contribution < -0.4 is 5.32 Å². The van der Waals surface area contributed by atoms with E-state index in [4.69, 9.17) is 4.42 Å². The monoisotopic (exact) mass is 351 g/mol. The van der Waals surface area contributed by atoms with E-state index in [1.165, 1.54) is 11.3 Å². The van der Waals surface area contributed by atoms with Crippen molar-refractivity contribution in [2.75, 3.05) is 0 Å². The van der Waals surface area contributed by atoms with Crippen molar-refractivity contribution >= 4 is 27.5 Å². The average molecular weight is 351 g/mol. The number of hydrogen-bond donors (Lipinski definition) is 1. The lowest BCUT2D eigenvalue weighted by atomic mass is 9.83. The summed E-state index contributed by atoms with van der Waals surface area (Å²) < 4.78 is 6.79. The molecule has 6 heteroatoms. The number of hydrogen-bond acceptors (Lipinski definition) is 5. The first-order valence-corrected chi connectivity index (χ1v) is 9.20. The Hall–Kier alpha value is -2.65. The van der Waals surface area contributed by atoms with Crippen molar-refractivity contribution < 1.29 is 9.21 Å². The maximum Gasteiger partial charge on any atom is 0.288 e. The van der Waals surface area contributed by atoms with Crippen LogP contribution in [0.3, 0.4) is 0 Å². The normalized spacial score (nSPS) is 16.4. The first-order chi connectivity index (χ1) is 12.2. The Morgan fingerprint density at radius 2 is 2.00 bits per heavy atom. The Morgan fingerprint density at radius 3 is 2.76 bits per heavy atom. The summed E-state index contributed by atoms with van der Waals surface area (Å²) in [5, 5.41) is 13.1. The molecule has 5 nitrogen and oxygen atoms in total. The molecule has 1 fully saturated rings. The lowest BCUT2D eigenvalue weighted by Gasteiger charge is -2.31. The molecule has 2 heterocycles. The molecule has 0 atom stereocenters.